The van der Waals surface area contributed by atoms with Crippen LogP contribution in [-0.4, -0.2) is 43.2 Å². The summed E-state index contributed by atoms with van der Waals surface area (Å²) in [5.41, 5.74) is 8.94. The van der Waals surface area contributed by atoms with Crippen molar-refractivity contribution in [1.29, 1.82) is 0 Å². The highest BCUT2D eigenvalue weighted by molar-refractivity contribution is 5.50. The second kappa shape index (κ2) is 6.80. The average Bonchev–Trinajstić information content (AvgIpc) is 2.70. The van der Waals surface area contributed by atoms with E-state index in [0.717, 1.165) is 19.5 Å². The number of aryl methyl sites for hydroxylation is 1. The van der Waals surface area contributed by atoms with E-state index in [4.69, 9.17) is 5.73 Å². The van der Waals surface area contributed by atoms with Crippen molar-refractivity contribution in [2.24, 2.45) is 5.73 Å². The summed E-state index contributed by atoms with van der Waals surface area (Å²) in [4.78, 5) is 5.02. The third-order valence-corrected chi connectivity index (χ3v) is 5.16. The van der Waals surface area contributed by atoms with E-state index in [9.17, 15) is 0 Å². The summed E-state index contributed by atoms with van der Waals surface area (Å²) in [6, 6.07) is 9.39. The zero-order chi connectivity index (χ0) is 15.5. The van der Waals surface area contributed by atoms with Crippen molar-refractivity contribution >= 4 is 5.69 Å². The zero-order valence-corrected chi connectivity index (χ0v) is 14.1. The SMILES string of the molecule is Cc1cccc(N(C)C2(CN)CCCN(C(C)C)CC2)c1. The third kappa shape index (κ3) is 3.58. The van der Waals surface area contributed by atoms with Gasteiger partial charge in [0.05, 0.1) is 5.54 Å². The standard InChI is InChI=1S/C18H31N3/c1-15(2)21-11-6-9-18(14-19,10-12-21)20(4)17-8-5-7-16(3)13-17/h5,7-8,13,15H,6,9-12,14,19H2,1-4H3. The number of likely N-dealkylation sites (tertiary alicyclic amines) is 1. The Bertz CT molecular complexity index is 458. The van der Waals surface area contributed by atoms with Gasteiger partial charge in [-0.2, -0.15) is 0 Å². The fraction of sp³-hybridized carbons (Fsp3) is 0.667. The van der Waals surface area contributed by atoms with Gasteiger partial charge in [-0.25, -0.2) is 0 Å². The molecule has 0 radical (unpaired) electrons. The Labute approximate surface area is 130 Å². The minimum absolute atomic E-state index is 0.0947. The molecule has 0 saturated carbocycles. The maximum atomic E-state index is 6.25. The van der Waals surface area contributed by atoms with E-state index in [0.29, 0.717) is 6.04 Å². The molecule has 21 heavy (non-hydrogen) atoms. The van der Waals surface area contributed by atoms with E-state index in [1.165, 1.54) is 30.6 Å². The number of rotatable bonds is 4. The molecule has 0 bridgehead atoms. The molecule has 1 aliphatic heterocycles. The summed E-state index contributed by atoms with van der Waals surface area (Å²) in [7, 11) is 2.21. The summed E-state index contributed by atoms with van der Waals surface area (Å²) < 4.78 is 0. The van der Waals surface area contributed by atoms with Crippen LogP contribution in [0.2, 0.25) is 0 Å². The first-order chi connectivity index (χ1) is 9.98. The lowest BCUT2D eigenvalue weighted by Gasteiger charge is -2.42. The van der Waals surface area contributed by atoms with E-state index < -0.39 is 0 Å². The van der Waals surface area contributed by atoms with Crippen LogP contribution in [0.5, 0.6) is 0 Å². The molecule has 1 aliphatic rings. The van der Waals surface area contributed by atoms with Crippen LogP contribution in [-0.2, 0) is 0 Å². The molecule has 0 aliphatic carbocycles. The molecular formula is C18H31N3. The lowest BCUT2D eigenvalue weighted by atomic mass is 9.88. The van der Waals surface area contributed by atoms with Crippen LogP contribution in [0.1, 0.15) is 38.7 Å². The average molecular weight is 289 g/mol. The van der Waals surface area contributed by atoms with Crippen LogP contribution in [0.15, 0.2) is 24.3 Å². The minimum Gasteiger partial charge on any atom is -0.368 e. The summed E-state index contributed by atoms with van der Waals surface area (Å²) in [6.07, 6.45) is 3.55. The number of anilines is 1. The summed E-state index contributed by atoms with van der Waals surface area (Å²) in [5, 5.41) is 0. The molecule has 1 aromatic carbocycles. The number of nitrogens with zero attached hydrogens (tertiary/aromatic N) is 2. The first-order valence-corrected chi connectivity index (χ1v) is 8.23. The molecule has 2 rings (SSSR count). The Balaban J connectivity index is 2.20. The van der Waals surface area contributed by atoms with Gasteiger partial charge in [0.2, 0.25) is 0 Å². The molecule has 3 heteroatoms. The van der Waals surface area contributed by atoms with Gasteiger partial charge in [0, 0.05) is 31.9 Å². The molecule has 0 aromatic heterocycles. The van der Waals surface area contributed by atoms with Gasteiger partial charge in [-0.15, -0.1) is 0 Å². The molecule has 3 nitrogen and oxygen atoms in total. The molecule has 1 heterocycles. The lowest BCUT2D eigenvalue weighted by Crippen LogP contribution is -2.53. The predicted octanol–water partition coefficient (Wildman–Crippen LogP) is 3.02. The Morgan fingerprint density at radius 1 is 1.29 bits per heavy atom. The highest BCUT2D eigenvalue weighted by atomic mass is 15.2. The van der Waals surface area contributed by atoms with Gasteiger partial charge in [-0.3, -0.25) is 0 Å². The Hall–Kier alpha value is -1.06. The van der Waals surface area contributed by atoms with Gasteiger partial charge >= 0.3 is 0 Å². The van der Waals surface area contributed by atoms with Crippen molar-refractivity contribution in [3.63, 3.8) is 0 Å². The predicted molar refractivity (Wildman–Crippen MR) is 91.9 cm³/mol. The van der Waals surface area contributed by atoms with Crippen LogP contribution < -0.4 is 10.6 Å². The molecule has 0 spiro atoms. The largest absolute Gasteiger partial charge is 0.368 e. The van der Waals surface area contributed by atoms with Crippen molar-refractivity contribution in [2.75, 3.05) is 31.6 Å². The molecular weight excluding hydrogens is 258 g/mol. The lowest BCUT2D eigenvalue weighted by molar-refractivity contribution is 0.224. The molecule has 1 atom stereocenters. The van der Waals surface area contributed by atoms with Crippen LogP contribution in [0.4, 0.5) is 5.69 Å². The highest BCUT2D eigenvalue weighted by Gasteiger charge is 2.35. The minimum atomic E-state index is 0.0947. The number of nitrogens with two attached hydrogens (primary N) is 1. The number of hydrogen-bond donors (Lipinski definition) is 1. The van der Waals surface area contributed by atoms with Crippen molar-refractivity contribution < 1.29 is 0 Å². The summed E-state index contributed by atoms with van der Waals surface area (Å²) in [5.74, 6) is 0. The Morgan fingerprint density at radius 2 is 2.05 bits per heavy atom. The van der Waals surface area contributed by atoms with E-state index in [2.05, 4.69) is 61.9 Å². The summed E-state index contributed by atoms with van der Waals surface area (Å²) >= 11 is 0. The number of likely N-dealkylation sites (N-methyl/N-ethyl adjacent to an activating group) is 1. The smallest absolute Gasteiger partial charge is 0.0533 e. The second-order valence-electron chi connectivity index (χ2n) is 6.81. The van der Waals surface area contributed by atoms with E-state index in [1.807, 2.05) is 0 Å². The van der Waals surface area contributed by atoms with Crippen molar-refractivity contribution in [2.45, 2.75) is 51.6 Å². The molecule has 0 amide bonds. The van der Waals surface area contributed by atoms with Gasteiger partial charge in [-0.1, -0.05) is 12.1 Å². The second-order valence-corrected chi connectivity index (χ2v) is 6.81. The van der Waals surface area contributed by atoms with Gasteiger partial charge in [0.25, 0.3) is 0 Å². The molecule has 1 unspecified atom stereocenters. The normalized spacial score (nSPS) is 24.1. The highest BCUT2D eigenvalue weighted by Crippen LogP contribution is 2.32. The van der Waals surface area contributed by atoms with E-state index >= 15 is 0 Å². The topological polar surface area (TPSA) is 32.5 Å². The van der Waals surface area contributed by atoms with Crippen LogP contribution in [0.25, 0.3) is 0 Å². The Kier molecular flexibility index (Phi) is 5.28. The zero-order valence-electron chi connectivity index (χ0n) is 14.1. The van der Waals surface area contributed by atoms with E-state index in [-0.39, 0.29) is 5.54 Å². The molecule has 2 N–H and O–H groups in total. The third-order valence-electron chi connectivity index (χ3n) is 5.16. The van der Waals surface area contributed by atoms with Gasteiger partial charge in [0.15, 0.2) is 0 Å². The van der Waals surface area contributed by atoms with Gasteiger partial charge < -0.3 is 15.5 Å². The van der Waals surface area contributed by atoms with Crippen LogP contribution in [0, 0.1) is 6.92 Å². The first-order valence-electron chi connectivity index (χ1n) is 8.23. The quantitative estimate of drug-likeness (QED) is 0.925. The van der Waals surface area contributed by atoms with Gasteiger partial charge in [0.1, 0.15) is 0 Å². The number of hydrogen-bond acceptors (Lipinski definition) is 3. The Morgan fingerprint density at radius 3 is 2.67 bits per heavy atom. The first kappa shape index (κ1) is 16.3. The van der Waals surface area contributed by atoms with Crippen molar-refractivity contribution in [3.8, 4) is 0 Å². The van der Waals surface area contributed by atoms with Crippen LogP contribution >= 0.6 is 0 Å². The maximum absolute atomic E-state index is 6.25. The van der Waals surface area contributed by atoms with Crippen LogP contribution in [0.3, 0.4) is 0 Å². The molecule has 1 fully saturated rings. The molecule has 118 valence electrons. The van der Waals surface area contributed by atoms with Gasteiger partial charge in [-0.05, 0) is 64.3 Å². The van der Waals surface area contributed by atoms with E-state index in [1.54, 1.807) is 0 Å². The van der Waals surface area contributed by atoms with Crippen molar-refractivity contribution in [3.05, 3.63) is 29.8 Å². The maximum Gasteiger partial charge on any atom is 0.0533 e. The summed E-state index contributed by atoms with van der Waals surface area (Å²) in [6.45, 7) is 9.80. The molecule has 1 aromatic rings. The number of benzene rings is 1. The van der Waals surface area contributed by atoms with Crippen molar-refractivity contribution in [1.82, 2.24) is 4.90 Å². The fourth-order valence-corrected chi connectivity index (χ4v) is 3.50. The fourth-order valence-electron chi connectivity index (χ4n) is 3.50. The molecule has 1 saturated heterocycles. The monoisotopic (exact) mass is 289 g/mol.